The van der Waals surface area contributed by atoms with Crippen molar-refractivity contribution in [2.24, 2.45) is 0 Å². The van der Waals surface area contributed by atoms with Gasteiger partial charge in [0, 0.05) is 5.56 Å². The minimum atomic E-state index is 0.738. The number of aryl methyl sites for hydroxylation is 1. The van der Waals surface area contributed by atoms with Crippen molar-refractivity contribution in [3.8, 4) is 0 Å². The van der Waals surface area contributed by atoms with Crippen LogP contribution in [0.3, 0.4) is 0 Å². The number of aromatic nitrogens is 1. The molecule has 2 nitrogen and oxygen atoms in total. The summed E-state index contributed by atoms with van der Waals surface area (Å²) in [5.74, 6) is 0.856. The highest BCUT2D eigenvalue weighted by Crippen LogP contribution is 2.08. The Kier molecular flexibility index (Phi) is 1.08. The van der Waals surface area contributed by atoms with Gasteiger partial charge in [0.1, 0.15) is 5.76 Å². The van der Waals surface area contributed by atoms with E-state index in [-0.39, 0.29) is 0 Å². The summed E-state index contributed by atoms with van der Waals surface area (Å²) in [6.45, 7) is 7.45. The van der Waals surface area contributed by atoms with E-state index in [1.165, 1.54) is 0 Å². The first kappa shape index (κ1) is 5.35. The lowest BCUT2D eigenvalue weighted by Crippen LogP contribution is -1.73. The first-order chi connectivity index (χ1) is 3.72. The van der Waals surface area contributed by atoms with Crippen molar-refractivity contribution in [1.29, 1.82) is 0 Å². The van der Waals surface area contributed by atoms with Gasteiger partial charge < -0.3 is 4.52 Å². The van der Waals surface area contributed by atoms with E-state index in [4.69, 9.17) is 4.52 Å². The van der Waals surface area contributed by atoms with Crippen LogP contribution in [0.15, 0.2) is 4.52 Å². The third kappa shape index (κ3) is 0.619. The van der Waals surface area contributed by atoms with Crippen molar-refractivity contribution < 1.29 is 4.52 Å². The molecule has 0 fully saturated rings. The maximum absolute atomic E-state index is 4.78. The Hall–Kier alpha value is -0.790. The molecule has 2 heteroatoms. The van der Waals surface area contributed by atoms with Crippen LogP contribution < -0.4 is 0 Å². The van der Waals surface area contributed by atoms with E-state index in [2.05, 4.69) is 12.1 Å². The predicted octanol–water partition coefficient (Wildman–Crippen LogP) is 1.47. The first-order valence-corrected chi connectivity index (χ1v) is 2.46. The fourth-order valence-electron chi connectivity index (χ4n) is 0.464. The second kappa shape index (κ2) is 1.62. The van der Waals surface area contributed by atoms with Crippen LogP contribution in [0.4, 0.5) is 0 Å². The second-order valence-electron chi connectivity index (χ2n) is 1.81. The number of rotatable bonds is 0. The molecule has 8 heavy (non-hydrogen) atoms. The Morgan fingerprint density at radius 3 is 2.25 bits per heavy atom. The summed E-state index contributed by atoms with van der Waals surface area (Å²) < 4.78 is 4.78. The van der Waals surface area contributed by atoms with Crippen molar-refractivity contribution in [2.75, 3.05) is 0 Å². The van der Waals surface area contributed by atoms with Gasteiger partial charge in [-0.25, -0.2) is 0 Å². The Morgan fingerprint density at radius 2 is 2.12 bits per heavy atom. The molecule has 1 heterocycles. The van der Waals surface area contributed by atoms with E-state index in [0.29, 0.717) is 0 Å². The van der Waals surface area contributed by atoms with Crippen LogP contribution >= 0.6 is 0 Å². The third-order valence-corrected chi connectivity index (χ3v) is 1.25. The summed E-state index contributed by atoms with van der Waals surface area (Å²) in [6.07, 6.45) is 0. The van der Waals surface area contributed by atoms with Crippen LogP contribution in [0.2, 0.25) is 0 Å². The van der Waals surface area contributed by atoms with Gasteiger partial charge in [0.2, 0.25) is 0 Å². The Morgan fingerprint density at radius 1 is 1.50 bits per heavy atom. The molecule has 43 valence electrons. The summed E-state index contributed by atoms with van der Waals surface area (Å²) in [5, 5.41) is 3.63. The molecule has 0 saturated carbocycles. The average molecular weight is 110 g/mol. The lowest BCUT2D eigenvalue weighted by Gasteiger charge is -1.80. The van der Waals surface area contributed by atoms with Crippen LogP contribution in [0, 0.1) is 20.8 Å². The number of hydrogen-bond donors (Lipinski definition) is 0. The molecule has 0 N–H and O–H groups in total. The maximum Gasteiger partial charge on any atom is 0.136 e. The minimum absolute atomic E-state index is 0.738. The van der Waals surface area contributed by atoms with E-state index >= 15 is 0 Å². The van der Waals surface area contributed by atoms with Gasteiger partial charge in [-0.05, 0) is 20.8 Å². The maximum atomic E-state index is 4.78. The molecule has 1 radical (unpaired) electrons. The Bertz CT molecular complexity index is 171. The highest BCUT2D eigenvalue weighted by Gasteiger charge is 2.00. The fourth-order valence-corrected chi connectivity index (χ4v) is 0.464. The number of nitrogens with zero attached hydrogens (tertiary/aromatic N) is 1. The molecule has 0 saturated heterocycles. The Balaban J connectivity index is 3.19. The molecular formula is C6H8NO. The van der Waals surface area contributed by atoms with Gasteiger partial charge in [-0.2, -0.15) is 0 Å². The zero-order valence-electron chi connectivity index (χ0n) is 5.06. The summed E-state index contributed by atoms with van der Waals surface area (Å²) >= 11 is 0. The summed E-state index contributed by atoms with van der Waals surface area (Å²) in [6, 6.07) is 0. The van der Waals surface area contributed by atoms with Gasteiger partial charge in [0.25, 0.3) is 0 Å². The van der Waals surface area contributed by atoms with Crippen molar-refractivity contribution >= 4 is 0 Å². The molecule has 1 aromatic heterocycles. The predicted molar refractivity (Wildman–Crippen MR) is 30.4 cm³/mol. The minimum Gasteiger partial charge on any atom is -0.361 e. The average Bonchev–Trinajstić information content (AvgIpc) is 1.98. The SMILES string of the molecule is [CH2]c1noc(C)c1C. The van der Waals surface area contributed by atoms with Crippen molar-refractivity contribution in [1.82, 2.24) is 5.16 Å². The monoisotopic (exact) mass is 110 g/mol. The van der Waals surface area contributed by atoms with Gasteiger partial charge in [0.05, 0.1) is 5.69 Å². The largest absolute Gasteiger partial charge is 0.361 e. The molecule has 1 aromatic rings. The summed E-state index contributed by atoms with van der Waals surface area (Å²) in [7, 11) is 0. The molecule has 0 aliphatic heterocycles. The molecular weight excluding hydrogens is 102 g/mol. The normalized spacial score (nSPS) is 9.88. The van der Waals surface area contributed by atoms with Crippen LogP contribution in [-0.4, -0.2) is 5.16 Å². The first-order valence-electron chi connectivity index (χ1n) is 2.46. The fraction of sp³-hybridized carbons (Fsp3) is 0.333. The molecule has 0 bridgehead atoms. The van der Waals surface area contributed by atoms with Crippen LogP contribution in [0.5, 0.6) is 0 Å². The highest BCUT2D eigenvalue weighted by atomic mass is 16.5. The molecule has 0 amide bonds. The topological polar surface area (TPSA) is 26.0 Å². The van der Waals surface area contributed by atoms with E-state index in [0.717, 1.165) is 17.0 Å². The van der Waals surface area contributed by atoms with Gasteiger partial charge >= 0.3 is 0 Å². The molecule has 0 aromatic carbocycles. The van der Waals surface area contributed by atoms with E-state index in [9.17, 15) is 0 Å². The smallest absolute Gasteiger partial charge is 0.136 e. The van der Waals surface area contributed by atoms with Crippen LogP contribution in [0.1, 0.15) is 17.0 Å². The standard InChI is InChI=1S/C6H8NO/c1-4-5(2)7-8-6(4)3/h2H2,1,3H3. The van der Waals surface area contributed by atoms with Gasteiger partial charge in [0.15, 0.2) is 0 Å². The third-order valence-electron chi connectivity index (χ3n) is 1.25. The van der Waals surface area contributed by atoms with E-state index < -0.39 is 0 Å². The van der Waals surface area contributed by atoms with Crippen molar-refractivity contribution in [2.45, 2.75) is 13.8 Å². The van der Waals surface area contributed by atoms with Crippen molar-refractivity contribution in [3.05, 3.63) is 23.9 Å². The Labute approximate surface area is 48.5 Å². The van der Waals surface area contributed by atoms with Crippen molar-refractivity contribution in [3.63, 3.8) is 0 Å². The molecule has 0 spiro atoms. The van der Waals surface area contributed by atoms with Crippen LogP contribution in [0.25, 0.3) is 0 Å². The summed E-state index contributed by atoms with van der Waals surface area (Å²) in [5.41, 5.74) is 1.78. The zero-order chi connectivity index (χ0) is 6.15. The summed E-state index contributed by atoms with van der Waals surface area (Å²) in [4.78, 5) is 0. The second-order valence-corrected chi connectivity index (χ2v) is 1.81. The van der Waals surface area contributed by atoms with Gasteiger partial charge in [-0.15, -0.1) is 0 Å². The van der Waals surface area contributed by atoms with Crippen LogP contribution in [-0.2, 0) is 0 Å². The van der Waals surface area contributed by atoms with E-state index in [1.54, 1.807) is 0 Å². The lowest BCUT2D eigenvalue weighted by atomic mass is 10.2. The molecule has 0 aliphatic rings. The van der Waals surface area contributed by atoms with Gasteiger partial charge in [-0.1, -0.05) is 5.16 Å². The quantitative estimate of drug-likeness (QED) is 0.505. The molecule has 0 unspecified atom stereocenters. The molecule has 1 rings (SSSR count). The lowest BCUT2D eigenvalue weighted by molar-refractivity contribution is 0.394. The molecule has 0 aliphatic carbocycles. The highest BCUT2D eigenvalue weighted by molar-refractivity contribution is 5.21. The van der Waals surface area contributed by atoms with E-state index in [1.807, 2.05) is 13.8 Å². The zero-order valence-corrected chi connectivity index (χ0v) is 5.06. The molecule has 0 atom stereocenters. The van der Waals surface area contributed by atoms with Gasteiger partial charge in [-0.3, -0.25) is 0 Å². The number of hydrogen-bond acceptors (Lipinski definition) is 2.